The number of aliphatic hydroxyl groups excluding tert-OH is 2. The second-order valence-electron chi connectivity index (χ2n) is 9.55. The lowest BCUT2D eigenvalue weighted by molar-refractivity contribution is -0.137. The standard InChI is InChI=1S/C26H32Cl2FN3O4/c1-26(2,18-12-19(27)14-20(28)13-18)24(35)30(3)23-16-32(25(36)31(8-10-33)9-11-34)15-22(23)17-4-6-21(29)7-5-17/h4-7,12-14,22-23,33-34H,8-11,15-16H2,1-3H3. The van der Waals surface area contributed by atoms with Gasteiger partial charge in [-0.15, -0.1) is 0 Å². The summed E-state index contributed by atoms with van der Waals surface area (Å²) in [6.45, 7) is 3.81. The zero-order valence-corrected chi connectivity index (χ0v) is 22.1. The topological polar surface area (TPSA) is 84.3 Å². The molecule has 3 amide bonds. The molecule has 2 aromatic rings. The molecule has 196 valence electrons. The fourth-order valence-electron chi connectivity index (χ4n) is 4.75. The number of likely N-dealkylation sites (N-methyl/N-ethyl adjacent to an activating group) is 1. The highest BCUT2D eigenvalue weighted by Gasteiger charge is 2.44. The third kappa shape index (κ3) is 6.11. The molecule has 2 aromatic carbocycles. The van der Waals surface area contributed by atoms with Gasteiger partial charge in [-0.2, -0.15) is 0 Å². The van der Waals surface area contributed by atoms with E-state index in [9.17, 15) is 24.2 Å². The minimum absolute atomic E-state index is 0.0824. The summed E-state index contributed by atoms with van der Waals surface area (Å²) in [6.07, 6.45) is 0. The van der Waals surface area contributed by atoms with Crippen molar-refractivity contribution < 1.29 is 24.2 Å². The molecule has 1 fully saturated rings. The first-order valence-electron chi connectivity index (χ1n) is 11.7. The minimum atomic E-state index is -0.964. The van der Waals surface area contributed by atoms with Gasteiger partial charge in [-0.25, -0.2) is 9.18 Å². The lowest BCUT2D eigenvalue weighted by Gasteiger charge is -2.36. The molecule has 1 heterocycles. The van der Waals surface area contributed by atoms with Crippen LogP contribution in [0.1, 0.15) is 30.9 Å². The first-order chi connectivity index (χ1) is 17.0. The predicted molar refractivity (Wildman–Crippen MR) is 138 cm³/mol. The molecule has 7 nitrogen and oxygen atoms in total. The zero-order chi connectivity index (χ0) is 26.6. The predicted octanol–water partition coefficient (Wildman–Crippen LogP) is 3.74. The fraction of sp³-hybridized carbons (Fsp3) is 0.462. The first-order valence-corrected chi connectivity index (χ1v) is 12.5. The lowest BCUT2D eigenvalue weighted by Crippen LogP contribution is -2.50. The van der Waals surface area contributed by atoms with Crippen molar-refractivity contribution in [1.29, 1.82) is 0 Å². The van der Waals surface area contributed by atoms with Crippen LogP contribution in [-0.4, -0.2) is 89.3 Å². The van der Waals surface area contributed by atoms with E-state index in [-0.39, 0.29) is 56.5 Å². The van der Waals surface area contributed by atoms with Gasteiger partial charge in [-0.3, -0.25) is 4.79 Å². The number of benzene rings is 2. The fourth-order valence-corrected chi connectivity index (χ4v) is 5.27. The number of carbonyl (C=O) groups is 2. The SMILES string of the molecule is CN(C(=O)C(C)(C)c1cc(Cl)cc(Cl)c1)C1CN(C(=O)N(CCO)CCO)CC1c1ccc(F)cc1. The molecular formula is C26H32Cl2FN3O4. The second-order valence-corrected chi connectivity index (χ2v) is 10.4. The maximum Gasteiger partial charge on any atom is 0.320 e. The highest BCUT2D eigenvalue weighted by atomic mass is 35.5. The Morgan fingerprint density at radius 2 is 1.58 bits per heavy atom. The number of halogens is 3. The van der Waals surface area contributed by atoms with Gasteiger partial charge in [0.05, 0.1) is 24.7 Å². The van der Waals surface area contributed by atoms with Crippen LogP contribution < -0.4 is 0 Å². The van der Waals surface area contributed by atoms with Gasteiger partial charge in [0.2, 0.25) is 5.91 Å². The van der Waals surface area contributed by atoms with Gasteiger partial charge in [0.25, 0.3) is 0 Å². The maximum atomic E-state index is 13.8. The van der Waals surface area contributed by atoms with E-state index >= 15 is 0 Å². The number of carbonyl (C=O) groups excluding carboxylic acids is 2. The molecule has 1 aliphatic heterocycles. The number of likely N-dealkylation sites (tertiary alicyclic amines) is 1. The number of hydrogen-bond donors (Lipinski definition) is 2. The van der Waals surface area contributed by atoms with Crippen molar-refractivity contribution >= 4 is 35.1 Å². The molecule has 0 spiro atoms. The van der Waals surface area contributed by atoms with Crippen LogP contribution in [-0.2, 0) is 10.2 Å². The minimum Gasteiger partial charge on any atom is -0.395 e. The average Bonchev–Trinajstić information content (AvgIpc) is 3.27. The van der Waals surface area contributed by atoms with Crippen LogP contribution in [0, 0.1) is 5.82 Å². The van der Waals surface area contributed by atoms with Crippen molar-refractivity contribution in [3.8, 4) is 0 Å². The Bertz CT molecular complexity index is 1060. The van der Waals surface area contributed by atoms with Gasteiger partial charge >= 0.3 is 6.03 Å². The molecule has 0 radical (unpaired) electrons. The van der Waals surface area contributed by atoms with E-state index in [1.165, 1.54) is 17.0 Å². The first kappa shape index (κ1) is 28.2. The number of aliphatic hydroxyl groups is 2. The van der Waals surface area contributed by atoms with Crippen molar-refractivity contribution in [3.05, 3.63) is 69.5 Å². The molecular weight excluding hydrogens is 508 g/mol. The molecule has 0 aliphatic carbocycles. The zero-order valence-electron chi connectivity index (χ0n) is 20.6. The van der Waals surface area contributed by atoms with Gasteiger partial charge in [-0.1, -0.05) is 35.3 Å². The Morgan fingerprint density at radius 1 is 1.03 bits per heavy atom. The smallest absolute Gasteiger partial charge is 0.320 e. The summed E-state index contributed by atoms with van der Waals surface area (Å²) in [7, 11) is 1.70. The second kappa shape index (κ2) is 11.8. The molecule has 2 N–H and O–H groups in total. The number of rotatable bonds is 8. The largest absolute Gasteiger partial charge is 0.395 e. The third-order valence-electron chi connectivity index (χ3n) is 6.80. The molecule has 10 heteroatoms. The number of hydrogen-bond acceptors (Lipinski definition) is 4. The van der Waals surface area contributed by atoms with Crippen LogP contribution >= 0.6 is 23.2 Å². The van der Waals surface area contributed by atoms with Crippen molar-refractivity contribution in [1.82, 2.24) is 14.7 Å². The number of nitrogens with zero attached hydrogens (tertiary/aromatic N) is 3. The van der Waals surface area contributed by atoms with E-state index in [0.717, 1.165) is 5.56 Å². The van der Waals surface area contributed by atoms with E-state index < -0.39 is 11.5 Å². The van der Waals surface area contributed by atoms with Crippen LogP contribution in [0.15, 0.2) is 42.5 Å². The van der Waals surface area contributed by atoms with Crippen LogP contribution in [0.25, 0.3) is 0 Å². The highest BCUT2D eigenvalue weighted by Crippen LogP contribution is 2.36. The maximum absolute atomic E-state index is 13.8. The Labute approximate surface area is 221 Å². The van der Waals surface area contributed by atoms with Crippen molar-refractivity contribution in [3.63, 3.8) is 0 Å². The summed E-state index contributed by atoms with van der Waals surface area (Å²) in [5.74, 6) is -0.830. The third-order valence-corrected chi connectivity index (χ3v) is 7.24. The number of urea groups is 1. The van der Waals surface area contributed by atoms with Crippen molar-refractivity contribution in [2.24, 2.45) is 0 Å². The van der Waals surface area contributed by atoms with Gasteiger partial charge in [0.1, 0.15) is 5.82 Å². The Balaban J connectivity index is 1.93. The van der Waals surface area contributed by atoms with Crippen LogP contribution in [0.2, 0.25) is 10.0 Å². The Kier molecular flexibility index (Phi) is 9.22. The number of amides is 3. The van der Waals surface area contributed by atoms with E-state index in [1.807, 2.05) is 0 Å². The molecule has 0 bridgehead atoms. The van der Waals surface area contributed by atoms with Crippen LogP contribution in [0.3, 0.4) is 0 Å². The summed E-state index contributed by atoms with van der Waals surface area (Å²) in [5, 5.41) is 19.6. The lowest BCUT2D eigenvalue weighted by atomic mass is 9.82. The van der Waals surface area contributed by atoms with Gasteiger partial charge in [0, 0.05) is 49.2 Å². The van der Waals surface area contributed by atoms with E-state index in [4.69, 9.17) is 23.2 Å². The quantitative estimate of drug-likeness (QED) is 0.535. The van der Waals surface area contributed by atoms with Crippen molar-refractivity contribution in [2.75, 3.05) is 46.4 Å². The molecule has 2 unspecified atom stereocenters. The normalized spacial score (nSPS) is 17.8. The van der Waals surface area contributed by atoms with Gasteiger partial charge < -0.3 is 24.9 Å². The molecule has 0 aromatic heterocycles. The summed E-state index contributed by atoms with van der Waals surface area (Å²) in [4.78, 5) is 31.7. The molecule has 0 saturated carbocycles. The van der Waals surface area contributed by atoms with Crippen molar-refractivity contribution in [2.45, 2.75) is 31.2 Å². The molecule has 2 atom stereocenters. The summed E-state index contributed by atoms with van der Waals surface area (Å²) in [5.41, 5.74) is 0.502. The van der Waals surface area contributed by atoms with Gasteiger partial charge in [0.15, 0.2) is 0 Å². The average molecular weight is 540 g/mol. The Hall–Kier alpha value is -2.39. The van der Waals surface area contributed by atoms with Crippen LogP contribution in [0.4, 0.5) is 9.18 Å². The van der Waals surface area contributed by atoms with E-state index in [0.29, 0.717) is 22.2 Å². The summed E-state index contributed by atoms with van der Waals surface area (Å²) < 4.78 is 13.6. The van der Waals surface area contributed by atoms with E-state index in [2.05, 4.69) is 0 Å². The highest BCUT2D eigenvalue weighted by molar-refractivity contribution is 6.34. The molecule has 3 rings (SSSR count). The molecule has 1 aliphatic rings. The Morgan fingerprint density at radius 3 is 2.11 bits per heavy atom. The van der Waals surface area contributed by atoms with E-state index in [1.54, 1.807) is 61.0 Å². The molecule has 36 heavy (non-hydrogen) atoms. The van der Waals surface area contributed by atoms with Crippen LogP contribution in [0.5, 0.6) is 0 Å². The van der Waals surface area contributed by atoms with Gasteiger partial charge in [-0.05, 0) is 55.3 Å². The monoisotopic (exact) mass is 539 g/mol. The summed E-state index contributed by atoms with van der Waals surface area (Å²) in [6, 6.07) is 10.3. The summed E-state index contributed by atoms with van der Waals surface area (Å²) >= 11 is 12.4. The molecule has 1 saturated heterocycles.